The molecule has 1 N–H and O–H groups in total. The second-order valence-electron chi connectivity index (χ2n) is 5.67. The van der Waals surface area contributed by atoms with Gasteiger partial charge in [0.1, 0.15) is 12.1 Å². The molecule has 7 heteroatoms. The van der Waals surface area contributed by atoms with E-state index in [1.54, 1.807) is 23.1 Å². The molecule has 0 fully saturated rings. The Bertz CT molecular complexity index is 920. The molecular weight excluding hydrogens is 359 g/mol. The first-order chi connectivity index (χ1) is 12.0. The Labute approximate surface area is 155 Å². The van der Waals surface area contributed by atoms with Gasteiger partial charge in [-0.3, -0.25) is 4.79 Å². The standard InChI is InChI=1S/C18H16Cl2N4O/c1-11-5-3-8-14-16(11)18(22-10-21-14)24(2)9-15(25)23-17-12(19)6-4-7-13(17)20/h3-8,10H,9H2,1-2H3,(H,23,25). The Morgan fingerprint density at radius 3 is 2.52 bits per heavy atom. The second kappa shape index (κ2) is 7.25. The number of aromatic nitrogens is 2. The molecule has 3 rings (SSSR count). The number of nitrogens with zero attached hydrogens (tertiary/aromatic N) is 3. The highest BCUT2D eigenvalue weighted by molar-refractivity contribution is 6.39. The molecule has 2 aromatic carbocycles. The van der Waals surface area contributed by atoms with Crippen molar-refractivity contribution < 1.29 is 4.79 Å². The molecule has 0 aliphatic rings. The number of rotatable bonds is 4. The number of para-hydroxylation sites is 1. The van der Waals surface area contributed by atoms with E-state index in [1.165, 1.54) is 6.33 Å². The number of hydrogen-bond donors (Lipinski definition) is 1. The Balaban J connectivity index is 1.83. The van der Waals surface area contributed by atoms with Gasteiger partial charge in [0.05, 0.1) is 27.8 Å². The molecule has 1 heterocycles. The SMILES string of the molecule is Cc1cccc2ncnc(N(C)CC(=O)Nc3c(Cl)cccc3Cl)c12. The predicted octanol–water partition coefficient (Wildman–Crippen LogP) is 4.32. The molecule has 25 heavy (non-hydrogen) atoms. The number of likely N-dealkylation sites (N-methyl/N-ethyl adjacent to an activating group) is 1. The summed E-state index contributed by atoms with van der Waals surface area (Å²) < 4.78 is 0. The maximum Gasteiger partial charge on any atom is 0.244 e. The van der Waals surface area contributed by atoms with Crippen LogP contribution < -0.4 is 10.2 Å². The molecule has 0 aliphatic heterocycles. The van der Waals surface area contributed by atoms with Gasteiger partial charge in [-0.1, -0.05) is 41.4 Å². The number of anilines is 2. The summed E-state index contributed by atoms with van der Waals surface area (Å²) in [5.41, 5.74) is 2.30. The van der Waals surface area contributed by atoms with Crippen molar-refractivity contribution in [2.45, 2.75) is 6.92 Å². The minimum Gasteiger partial charge on any atom is -0.350 e. The van der Waals surface area contributed by atoms with Gasteiger partial charge < -0.3 is 10.2 Å². The van der Waals surface area contributed by atoms with Crippen molar-refractivity contribution in [3.63, 3.8) is 0 Å². The maximum atomic E-state index is 12.4. The third-order valence-electron chi connectivity index (χ3n) is 3.82. The number of hydrogen-bond acceptors (Lipinski definition) is 4. The fourth-order valence-corrected chi connectivity index (χ4v) is 3.13. The first-order valence-corrected chi connectivity index (χ1v) is 8.38. The van der Waals surface area contributed by atoms with E-state index in [4.69, 9.17) is 23.2 Å². The predicted molar refractivity (Wildman–Crippen MR) is 103 cm³/mol. The Morgan fingerprint density at radius 2 is 1.80 bits per heavy atom. The molecule has 5 nitrogen and oxygen atoms in total. The number of amides is 1. The lowest BCUT2D eigenvalue weighted by molar-refractivity contribution is -0.114. The molecular formula is C18H16Cl2N4O. The molecule has 0 bridgehead atoms. The van der Waals surface area contributed by atoms with E-state index in [-0.39, 0.29) is 12.5 Å². The van der Waals surface area contributed by atoms with E-state index in [2.05, 4.69) is 15.3 Å². The van der Waals surface area contributed by atoms with Gasteiger partial charge in [-0.2, -0.15) is 0 Å². The van der Waals surface area contributed by atoms with Crippen molar-refractivity contribution in [1.82, 2.24) is 9.97 Å². The zero-order valence-electron chi connectivity index (χ0n) is 13.8. The first-order valence-electron chi connectivity index (χ1n) is 7.62. The topological polar surface area (TPSA) is 58.1 Å². The minimum absolute atomic E-state index is 0.0992. The normalized spacial score (nSPS) is 10.7. The number of benzene rings is 2. The lowest BCUT2D eigenvalue weighted by atomic mass is 10.1. The largest absolute Gasteiger partial charge is 0.350 e. The number of aryl methyl sites for hydroxylation is 1. The van der Waals surface area contributed by atoms with Gasteiger partial charge in [-0.25, -0.2) is 9.97 Å². The van der Waals surface area contributed by atoms with Crippen LogP contribution >= 0.6 is 23.2 Å². The van der Waals surface area contributed by atoms with Gasteiger partial charge in [0.15, 0.2) is 0 Å². The molecule has 0 saturated carbocycles. The third-order valence-corrected chi connectivity index (χ3v) is 4.45. The molecule has 0 radical (unpaired) electrons. The van der Waals surface area contributed by atoms with Crippen molar-refractivity contribution in [2.24, 2.45) is 0 Å². The van der Waals surface area contributed by atoms with Crippen LogP contribution in [0.4, 0.5) is 11.5 Å². The molecule has 128 valence electrons. The average Bonchev–Trinajstić information content (AvgIpc) is 2.58. The fourth-order valence-electron chi connectivity index (χ4n) is 2.64. The number of fused-ring (bicyclic) bond motifs is 1. The average molecular weight is 375 g/mol. The highest BCUT2D eigenvalue weighted by Gasteiger charge is 2.15. The van der Waals surface area contributed by atoms with Crippen LogP contribution in [0.2, 0.25) is 10.0 Å². The van der Waals surface area contributed by atoms with Gasteiger partial charge in [-0.15, -0.1) is 0 Å². The molecule has 0 spiro atoms. The zero-order chi connectivity index (χ0) is 18.0. The minimum atomic E-state index is -0.238. The molecule has 3 aromatic rings. The summed E-state index contributed by atoms with van der Waals surface area (Å²) in [6, 6.07) is 10.9. The highest BCUT2D eigenvalue weighted by atomic mass is 35.5. The van der Waals surface area contributed by atoms with Crippen molar-refractivity contribution in [2.75, 3.05) is 23.8 Å². The van der Waals surface area contributed by atoms with E-state index in [0.29, 0.717) is 21.6 Å². The van der Waals surface area contributed by atoms with Crippen molar-refractivity contribution in [3.8, 4) is 0 Å². The van der Waals surface area contributed by atoms with Crippen molar-refractivity contribution >= 4 is 51.5 Å². The van der Waals surface area contributed by atoms with E-state index < -0.39 is 0 Å². The number of halogens is 2. The van der Waals surface area contributed by atoms with Crippen LogP contribution in [0.3, 0.4) is 0 Å². The van der Waals surface area contributed by atoms with Crippen molar-refractivity contribution in [3.05, 3.63) is 58.3 Å². The van der Waals surface area contributed by atoms with E-state index in [0.717, 1.165) is 16.5 Å². The van der Waals surface area contributed by atoms with E-state index >= 15 is 0 Å². The molecule has 1 aromatic heterocycles. The van der Waals surface area contributed by atoms with E-state index in [9.17, 15) is 4.79 Å². The van der Waals surface area contributed by atoms with Crippen LogP contribution in [0, 0.1) is 6.92 Å². The lowest BCUT2D eigenvalue weighted by Gasteiger charge is -2.20. The maximum absolute atomic E-state index is 12.4. The van der Waals surface area contributed by atoms with Crippen LogP contribution in [0.1, 0.15) is 5.56 Å². The Morgan fingerprint density at radius 1 is 1.12 bits per heavy atom. The third kappa shape index (κ3) is 3.67. The Hall–Kier alpha value is -2.37. The summed E-state index contributed by atoms with van der Waals surface area (Å²) in [7, 11) is 1.81. The zero-order valence-corrected chi connectivity index (χ0v) is 15.3. The molecule has 1 amide bonds. The second-order valence-corrected chi connectivity index (χ2v) is 6.48. The van der Waals surface area contributed by atoms with Gasteiger partial charge in [0, 0.05) is 12.4 Å². The first kappa shape index (κ1) is 17.5. The number of carbonyl (C=O) groups is 1. The molecule has 0 unspecified atom stereocenters. The van der Waals surface area contributed by atoms with Gasteiger partial charge >= 0.3 is 0 Å². The Kier molecular flexibility index (Phi) is 5.06. The summed E-state index contributed by atoms with van der Waals surface area (Å²) in [4.78, 5) is 22.8. The summed E-state index contributed by atoms with van der Waals surface area (Å²) in [5, 5.41) is 4.47. The summed E-state index contributed by atoms with van der Waals surface area (Å²) >= 11 is 12.2. The van der Waals surface area contributed by atoms with Crippen LogP contribution in [0.15, 0.2) is 42.7 Å². The number of carbonyl (C=O) groups excluding carboxylic acids is 1. The van der Waals surface area contributed by atoms with Gasteiger partial charge in [0.25, 0.3) is 0 Å². The monoisotopic (exact) mass is 374 g/mol. The van der Waals surface area contributed by atoms with Crippen molar-refractivity contribution in [1.29, 1.82) is 0 Å². The van der Waals surface area contributed by atoms with Crippen LogP contribution in [-0.4, -0.2) is 29.5 Å². The van der Waals surface area contributed by atoms with Crippen LogP contribution in [0.25, 0.3) is 10.9 Å². The summed E-state index contributed by atoms with van der Waals surface area (Å²) in [6.45, 7) is 2.09. The highest BCUT2D eigenvalue weighted by Crippen LogP contribution is 2.30. The van der Waals surface area contributed by atoms with Crippen LogP contribution in [0.5, 0.6) is 0 Å². The summed E-state index contributed by atoms with van der Waals surface area (Å²) in [6.07, 6.45) is 1.50. The van der Waals surface area contributed by atoms with Gasteiger partial charge in [-0.05, 0) is 30.7 Å². The fraction of sp³-hybridized carbons (Fsp3) is 0.167. The van der Waals surface area contributed by atoms with Crippen LogP contribution in [-0.2, 0) is 4.79 Å². The quantitative estimate of drug-likeness (QED) is 0.738. The molecule has 0 saturated heterocycles. The molecule has 0 aliphatic carbocycles. The molecule has 0 atom stereocenters. The lowest BCUT2D eigenvalue weighted by Crippen LogP contribution is -2.31. The summed E-state index contributed by atoms with van der Waals surface area (Å²) in [5.74, 6) is 0.460. The number of nitrogens with one attached hydrogen (secondary N) is 1. The van der Waals surface area contributed by atoms with E-state index in [1.807, 2.05) is 32.2 Å². The van der Waals surface area contributed by atoms with Gasteiger partial charge in [0.2, 0.25) is 5.91 Å². The smallest absolute Gasteiger partial charge is 0.244 e.